The van der Waals surface area contributed by atoms with Crippen LogP contribution in [0.4, 0.5) is 4.39 Å². The van der Waals surface area contributed by atoms with Crippen LogP contribution < -0.4 is 0 Å². The van der Waals surface area contributed by atoms with Crippen molar-refractivity contribution in [2.75, 3.05) is 39.4 Å². The molecule has 31 heavy (non-hydrogen) atoms. The van der Waals surface area contributed by atoms with Gasteiger partial charge in [0.2, 0.25) is 0 Å². The van der Waals surface area contributed by atoms with Gasteiger partial charge in [-0.2, -0.15) is 0 Å². The number of ether oxygens (including phenoxy) is 1. The van der Waals surface area contributed by atoms with E-state index < -0.39 is 29.3 Å². The Morgan fingerprint density at radius 2 is 2.00 bits per heavy atom. The number of carbonyl (C=O) groups is 2. The summed E-state index contributed by atoms with van der Waals surface area (Å²) in [7, 11) is 0. The number of morpholine rings is 1. The SMILES string of the molecule is O=C(/C=C/c1ccco1)C1=C(O)C(=O)N(CCN2CCOCC2)C1c1cccc(F)c1. The first-order valence-electron chi connectivity index (χ1n) is 10.1. The Hall–Kier alpha value is -3.23. The van der Waals surface area contributed by atoms with E-state index in [1.165, 1.54) is 41.5 Å². The number of rotatable bonds is 7. The summed E-state index contributed by atoms with van der Waals surface area (Å²) >= 11 is 0. The first kappa shape index (κ1) is 21.0. The molecule has 0 aliphatic carbocycles. The summed E-state index contributed by atoms with van der Waals surface area (Å²) < 4.78 is 24.5. The number of aliphatic hydroxyl groups excluding tert-OH is 1. The normalized spacial score (nSPS) is 20.2. The van der Waals surface area contributed by atoms with Crippen molar-refractivity contribution in [2.24, 2.45) is 0 Å². The summed E-state index contributed by atoms with van der Waals surface area (Å²) in [5, 5.41) is 10.6. The van der Waals surface area contributed by atoms with E-state index in [2.05, 4.69) is 4.90 Å². The van der Waals surface area contributed by atoms with E-state index in [1.807, 2.05) is 0 Å². The van der Waals surface area contributed by atoms with Gasteiger partial charge >= 0.3 is 0 Å². The van der Waals surface area contributed by atoms with E-state index in [-0.39, 0.29) is 12.1 Å². The molecule has 0 spiro atoms. The Labute approximate surface area is 179 Å². The number of allylic oxidation sites excluding steroid dienone is 1. The molecule has 1 saturated heterocycles. The molecule has 0 saturated carbocycles. The molecule has 2 aromatic rings. The average molecular weight is 426 g/mol. The molecule has 1 aromatic heterocycles. The minimum absolute atomic E-state index is 0.0691. The molecule has 162 valence electrons. The molecule has 1 atom stereocenters. The maximum atomic E-state index is 14.0. The second-order valence-electron chi connectivity index (χ2n) is 7.39. The molecule has 2 aliphatic rings. The fourth-order valence-electron chi connectivity index (χ4n) is 3.87. The lowest BCUT2D eigenvalue weighted by Gasteiger charge is -2.31. The van der Waals surface area contributed by atoms with Crippen LogP contribution in [0.3, 0.4) is 0 Å². The van der Waals surface area contributed by atoms with Gasteiger partial charge in [0.05, 0.1) is 31.1 Å². The molecule has 1 N–H and O–H groups in total. The lowest BCUT2D eigenvalue weighted by Crippen LogP contribution is -2.43. The number of benzene rings is 1. The zero-order valence-corrected chi connectivity index (χ0v) is 16.9. The maximum Gasteiger partial charge on any atom is 0.290 e. The predicted molar refractivity (Wildman–Crippen MR) is 111 cm³/mol. The molecular formula is C23H23FN2O5. The molecule has 0 bridgehead atoms. The Bertz CT molecular complexity index is 1010. The van der Waals surface area contributed by atoms with Gasteiger partial charge in [0.25, 0.3) is 5.91 Å². The number of amides is 1. The second kappa shape index (κ2) is 9.28. The van der Waals surface area contributed by atoms with Crippen molar-refractivity contribution in [3.8, 4) is 0 Å². The molecular weight excluding hydrogens is 403 g/mol. The molecule has 3 heterocycles. The molecule has 7 nitrogen and oxygen atoms in total. The highest BCUT2D eigenvalue weighted by Gasteiger charge is 2.43. The summed E-state index contributed by atoms with van der Waals surface area (Å²) in [6.45, 7) is 3.55. The van der Waals surface area contributed by atoms with Crippen molar-refractivity contribution in [1.29, 1.82) is 0 Å². The molecule has 2 aliphatic heterocycles. The number of hydrogen-bond donors (Lipinski definition) is 1. The lowest BCUT2D eigenvalue weighted by atomic mass is 9.95. The Morgan fingerprint density at radius 3 is 2.71 bits per heavy atom. The van der Waals surface area contributed by atoms with Gasteiger partial charge in [-0.15, -0.1) is 0 Å². The highest BCUT2D eigenvalue weighted by atomic mass is 19.1. The topological polar surface area (TPSA) is 83.2 Å². The molecule has 1 amide bonds. The van der Waals surface area contributed by atoms with Crippen LogP contribution in [0.15, 0.2) is 64.5 Å². The predicted octanol–water partition coefficient (Wildman–Crippen LogP) is 2.73. The molecule has 0 radical (unpaired) electrons. The lowest BCUT2D eigenvalue weighted by molar-refractivity contribution is -0.129. The third-order valence-electron chi connectivity index (χ3n) is 5.44. The van der Waals surface area contributed by atoms with Crippen molar-refractivity contribution in [2.45, 2.75) is 6.04 Å². The van der Waals surface area contributed by atoms with E-state index in [0.29, 0.717) is 31.1 Å². The van der Waals surface area contributed by atoms with Crippen LogP contribution in [0.2, 0.25) is 0 Å². The number of halogens is 1. The Balaban J connectivity index is 1.62. The number of carbonyl (C=O) groups excluding carboxylic acids is 2. The highest BCUT2D eigenvalue weighted by Crippen LogP contribution is 2.38. The third-order valence-corrected chi connectivity index (χ3v) is 5.44. The molecule has 1 fully saturated rings. The monoisotopic (exact) mass is 426 g/mol. The highest BCUT2D eigenvalue weighted by molar-refractivity contribution is 6.14. The minimum Gasteiger partial charge on any atom is -0.503 e. The first-order chi connectivity index (χ1) is 15.0. The van der Waals surface area contributed by atoms with Crippen LogP contribution in [0.25, 0.3) is 6.08 Å². The maximum absolute atomic E-state index is 14.0. The quantitative estimate of drug-likeness (QED) is 0.686. The largest absolute Gasteiger partial charge is 0.503 e. The van der Waals surface area contributed by atoms with Crippen molar-refractivity contribution in [3.05, 3.63) is 77.2 Å². The van der Waals surface area contributed by atoms with Gasteiger partial charge in [0.15, 0.2) is 11.5 Å². The van der Waals surface area contributed by atoms with Crippen molar-refractivity contribution < 1.29 is 28.2 Å². The van der Waals surface area contributed by atoms with Crippen LogP contribution in [0.1, 0.15) is 17.4 Å². The van der Waals surface area contributed by atoms with Crippen LogP contribution in [-0.2, 0) is 14.3 Å². The van der Waals surface area contributed by atoms with Crippen LogP contribution in [-0.4, -0.2) is 66.0 Å². The van der Waals surface area contributed by atoms with E-state index in [0.717, 1.165) is 13.1 Å². The van der Waals surface area contributed by atoms with E-state index in [4.69, 9.17) is 9.15 Å². The van der Waals surface area contributed by atoms with Crippen LogP contribution in [0, 0.1) is 5.82 Å². The number of hydrogen-bond acceptors (Lipinski definition) is 6. The summed E-state index contributed by atoms with van der Waals surface area (Å²) in [4.78, 5) is 29.4. The Morgan fingerprint density at radius 1 is 1.19 bits per heavy atom. The molecule has 8 heteroatoms. The second-order valence-corrected chi connectivity index (χ2v) is 7.39. The van der Waals surface area contributed by atoms with E-state index in [9.17, 15) is 19.1 Å². The number of nitrogens with zero attached hydrogens (tertiary/aromatic N) is 2. The molecule has 1 aromatic carbocycles. The average Bonchev–Trinajstić information content (AvgIpc) is 3.38. The van der Waals surface area contributed by atoms with Gasteiger partial charge in [-0.05, 0) is 42.0 Å². The van der Waals surface area contributed by atoms with E-state index >= 15 is 0 Å². The van der Waals surface area contributed by atoms with Gasteiger partial charge in [0, 0.05) is 26.2 Å². The summed E-state index contributed by atoms with van der Waals surface area (Å²) in [6, 6.07) is 8.22. The molecule has 1 unspecified atom stereocenters. The Kier molecular flexibility index (Phi) is 6.29. The van der Waals surface area contributed by atoms with Crippen molar-refractivity contribution in [1.82, 2.24) is 9.80 Å². The van der Waals surface area contributed by atoms with Crippen LogP contribution in [0.5, 0.6) is 0 Å². The smallest absolute Gasteiger partial charge is 0.290 e. The minimum atomic E-state index is -0.877. The summed E-state index contributed by atoms with van der Waals surface area (Å²) in [5.41, 5.74) is 0.356. The number of ketones is 1. The van der Waals surface area contributed by atoms with Gasteiger partial charge in [0.1, 0.15) is 11.6 Å². The molecule has 4 rings (SSSR count). The van der Waals surface area contributed by atoms with Gasteiger partial charge in [-0.25, -0.2) is 4.39 Å². The van der Waals surface area contributed by atoms with Crippen LogP contribution >= 0.6 is 0 Å². The van der Waals surface area contributed by atoms with Gasteiger partial charge < -0.3 is 19.2 Å². The summed E-state index contributed by atoms with van der Waals surface area (Å²) in [5.74, 6) is -1.81. The van der Waals surface area contributed by atoms with Crippen molar-refractivity contribution in [3.63, 3.8) is 0 Å². The van der Waals surface area contributed by atoms with Gasteiger partial charge in [-0.3, -0.25) is 14.5 Å². The fraction of sp³-hybridized carbons (Fsp3) is 0.304. The number of furan rings is 1. The van der Waals surface area contributed by atoms with E-state index in [1.54, 1.807) is 18.2 Å². The number of aliphatic hydroxyl groups is 1. The fourth-order valence-corrected chi connectivity index (χ4v) is 3.87. The van der Waals surface area contributed by atoms with Gasteiger partial charge in [-0.1, -0.05) is 12.1 Å². The third kappa shape index (κ3) is 4.60. The first-order valence-corrected chi connectivity index (χ1v) is 10.1. The standard InChI is InChI=1S/C23H23FN2O5/c24-17-4-1-3-16(15-17)21-20(19(27)7-6-18-5-2-12-31-18)22(28)23(29)26(21)9-8-25-10-13-30-14-11-25/h1-7,12,15,21,28H,8-11,13-14H2/b7-6+. The zero-order valence-electron chi connectivity index (χ0n) is 16.9. The van der Waals surface area contributed by atoms with Crippen molar-refractivity contribution >= 4 is 17.8 Å². The zero-order chi connectivity index (χ0) is 21.8. The summed E-state index contributed by atoms with van der Waals surface area (Å²) in [6.07, 6.45) is 4.18.